The van der Waals surface area contributed by atoms with Gasteiger partial charge in [0.2, 0.25) is 0 Å². The minimum Gasteiger partial charge on any atom is -0.457 e. The summed E-state index contributed by atoms with van der Waals surface area (Å²) >= 11 is 0. The van der Waals surface area contributed by atoms with Crippen molar-refractivity contribution in [1.82, 2.24) is 10.6 Å². The van der Waals surface area contributed by atoms with Gasteiger partial charge in [-0.15, -0.1) is 0 Å². The van der Waals surface area contributed by atoms with Crippen LogP contribution >= 0.6 is 0 Å². The predicted molar refractivity (Wildman–Crippen MR) is 255 cm³/mol. The number of carbonyl (C=O) groups excluding carboxylic acids is 4. The van der Waals surface area contributed by atoms with Gasteiger partial charge in [-0.2, -0.15) is 0 Å². The molecule has 4 aromatic carbocycles. The maximum atomic E-state index is 14.5. The number of anilines is 2. The lowest BCUT2D eigenvalue weighted by atomic mass is 9.56. The number of hydrogen-bond donors (Lipinski definition) is 4. The van der Waals surface area contributed by atoms with E-state index in [1.165, 1.54) is 0 Å². The van der Waals surface area contributed by atoms with Crippen molar-refractivity contribution in [3.05, 3.63) is 116 Å². The molecule has 7 rings (SSSR count). The van der Waals surface area contributed by atoms with Crippen LogP contribution in [-0.4, -0.2) is 23.6 Å². The third-order valence-electron chi connectivity index (χ3n) is 14.0. The standard InChI is InChI=1S/C54H64N4O6/c1-10-12-14-35-26-39(30(5)24-44(35)63-37-16-18-42(55)32(7)22-37)46-48(52(61)57-50(46)59)41-28-34(29(3)4)20-21-54(41,9)49-47(51(60)58-53(49)62)40-27-36(15-13-11-2)45(25-31(40)6)64-38-17-19-43(56)33(8)23-38/h16-19,22-27,29,34,41H,10-15,20-21,28,55-56H2,1-9H3,(H,57,59,61)(H,58,60,62). The number of imide groups is 2. The van der Waals surface area contributed by atoms with Crippen LogP contribution in [0.2, 0.25) is 0 Å². The summed E-state index contributed by atoms with van der Waals surface area (Å²) in [5.41, 5.74) is 20.5. The van der Waals surface area contributed by atoms with Gasteiger partial charge in [0.25, 0.3) is 23.6 Å². The largest absolute Gasteiger partial charge is 0.457 e. The zero-order chi connectivity index (χ0) is 46.2. The molecule has 2 heterocycles. The van der Waals surface area contributed by atoms with E-state index in [1.54, 1.807) is 0 Å². The number of nitrogen functional groups attached to an aromatic ring is 2. The van der Waals surface area contributed by atoms with Crippen molar-refractivity contribution >= 4 is 46.1 Å². The van der Waals surface area contributed by atoms with E-state index in [0.29, 0.717) is 93.5 Å². The van der Waals surface area contributed by atoms with Crippen molar-refractivity contribution in [2.75, 3.05) is 11.5 Å². The second-order valence-corrected chi connectivity index (χ2v) is 18.9. The monoisotopic (exact) mass is 864 g/mol. The normalized spacial score (nSPS) is 20.1. The Hall–Kier alpha value is -6.16. The number of aryl methyl sites for hydroxylation is 6. The molecule has 1 saturated carbocycles. The molecule has 1 fully saturated rings. The Bertz CT molecular complexity index is 2620. The molecule has 4 aromatic rings. The van der Waals surface area contributed by atoms with Crippen LogP contribution in [-0.2, 0) is 32.0 Å². The topological polar surface area (TPSA) is 163 Å². The Balaban J connectivity index is 1.40. The first-order valence-corrected chi connectivity index (χ1v) is 23.0. The molecule has 0 saturated heterocycles. The number of nitrogens with two attached hydrogens (primary N) is 2. The van der Waals surface area contributed by atoms with Gasteiger partial charge >= 0.3 is 0 Å². The van der Waals surface area contributed by atoms with Crippen molar-refractivity contribution in [2.45, 2.75) is 120 Å². The van der Waals surface area contributed by atoms with Crippen molar-refractivity contribution < 1.29 is 28.7 Å². The van der Waals surface area contributed by atoms with Crippen LogP contribution in [0.3, 0.4) is 0 Å². The first-order chi connectivity index (χ1) is 30.4. The first-order valence-electron chi connectivity index (χ1n) is 23.0. The Kier molecular flexibility index (Phi) is 13.3. The van der Waals surface area contributed by atoms with Crippen molar-refractivity contribution in [3.63, 3.8) is 0 Å². The number of unbranched alkanes of at least 4 members (excludes halogenated alkanes) is 2. The van der Waals surface area contributed by atoms with Gasteiger partial charge in [0.15, 0.2) is 0 Å². The van der Waals surface area contributed by atoms with E-state index in [9.17, 15) is 19.2 Å². The molecule has 3 atom stereocenters. The molecule has 10 heteroatoms. The summed E-state index contributed by atoms with van der Waals surface area (Å²) in [7, 11) is 0. The van der Waals surface area contributed by atoms with Gasteiger partial charge in [0.05, 0.1) is 11.1 Å². The molecule has 10 nitrogen and oxygen atoms in total. The van der Waals surface area contributed by atoms with Crippen LogP contribution < -0.4 is 31.6 Å². The Morgan fingerprint density at radius 2 is 1.14 bits per heavy atom. The fraction of sp³-hybridized carbons (Fsp3) is 0.407. The van der Waals surface area contributed by atoms with E-state index in [-0.39, 0.29) is 11.8 Å². The predicted octanol–water partition coefficient (Wildman–Crippen LogP) is 11.0. The molecule has 0 aromatic heterocycles. The highest BCUT2D eigenvalue weighted by atomic mass is 16.5. The molecule has 3 unspecified atom stereocenters. The third kappa shape index (κ3) is 8.84. The molecule has 1 aliphatic carbocycles. The van der Waals surface area contributed by atoms with Crippen LogP contribution in [0, 0.1) is 50.9 Å². The SMILES string of the molecule is CCCCc1cc(C2=C(C3CC(C(C)C)CCC3(C)C3=C(c4cc(CCCC)c(Oc5ccc(N)c(C)c5)cc4C)C(=O)NC3=O)C(=O)NC2=O)c(C)cc1Oc1ccc(N)c(C)c1. The molecular weight excluding hydrogens is 801 g/mol. The van der Waals surface area contributed by atoms with Gasteiger partial charge in [-0.25, -0.2) is 0 Å². The van der Waals surface area contributed by atoms with E-state index in [4.69, 9.17) is 20.9 Å². The van der Waals surface area contributed by atoms with Gasteiger partial charge in [-0.3, -0.25) is 29.8 Å². The average molecular weight is 865 g/mol. The second-order valence-electron chi connectivity index (χ2n) is 18.9. The zero-order valence-electron chi connectivity index (χ0n) is 39.0. The summed E-state index contributed by atoms with van der Waals surface area (Å²) in [6.07, 6.45) is 6.94. The quantitative estimate of drug-likeness (QED) is 0.0678. The maximum Gasteiger partial charge on any atom is 0.259 e. The third-order valence-corrected chi connectivity index (χ3v) is 14.0. The second kappa shape index (κ2) is 18.5. The molecule has 336 valence electrons. The van der Waals surface area contributed by atoms with Crippen LogP contribution in [0.1, 0.15) is 124 Å². The lowest BCUT2D eigenvalue weighted by molar-refractivity contribution is -0.126. The number of ether oxygens (including phenoxy) is 2. The molecule has 64 heavy (non-hydrogen) atoms. The van der Waals surface area contributed by atoms with Crippen molar-refractivity contribution in [1.29, 1.82) is 0 Å². The number of carbonyl (C=O) groups is 4. The number of nitrogens with one attached hydrogen (secondary N) is 2. The molecule has 2 aliphatic heterocycles. The molecular formula is C54H64N4O6. The Labute approximate surface area is 378 Å². The highest BCUT2D eigenvalue weighted by Crippen LogP contribution is 2.57. The van der Waals surface area contributed by atoms with Crippen LogP contribution in [0.4, 0.5) is 11.4 Å². The summed E-state index contributed by atoms with van der Waals surface area (Å²) in [5, 5.41) is 5.34. The van der Waals surface area contributed by atoms with Crippen molar-refractivity contribution in [3.8, 4) is 23.0 Å². The van der Waals surface area contributed by atoms with Gasteiger partial charge in [-0.1, -0.05) is 47.5 Å². The first kappa shape index (κ1) is 45.9. The maximum absolute atomic E-state index is 14.5. The van der Waals surface area contributed by atoms with E-state index in [2.05, 4.69) is 38.3 Å². The Morgan fingerprint density at radius 3 is 1.62 bits per heavy atom. The van der Waals surface area contributed by atoms with Crippen LogP contribution in [0.15, 0.2) is 71.8 Å². The molecule has 0 spiro atoms. The number of amides is 4. The fourth-order valence-electron chi connectivity index (χ4n) is 9.99. The zero-order valence-corrected chi connectivity index (χ0v) is 39.0. The summed E-state index contributed by atoms with van der Waals surface area (Å²) in [6.45, 7) is 18.4. The molecule has 4 amide bonds. The van der Waals surface area contributed by atoms with Crippen LogP contribution in [0.25, 0.3) is 11.1 Å². The molecule has 6 N–H and O–H groups in total. The fourth-order valence-corrected chi connectivity index (χ4v) is 9.99. The van der Waals surface area contributed by atoms with Crippen LogP contribution in [0.5, 0.6) is 23.0 Å². The lowest BCUT2D eigenvalue weighted by Gasteiger charge is -2.46. The van der Waals surface area contributed by atoms with Gasteiger partial charge in [0.1, 0.15) is 23.0 Å². The van der Waals surface area contributed by atoms with Gasteiger partial charge in [-0.05, 0) is 190 Å². The lowest BCUT2D eigenvalue weighted by Crippen LogP contribution is -2.42. The van der Waals surface area contributed by atoms with Crippen molar-refractivity contribution in [2.24, 2.45) is 23.2 Å². The summed E-state index contributed by atoms with van der Waals surface area (Å²) < 4.78 is 13.0. The molecule has 0 radical (unpaired) electrons. The smallest absolute Gasteiger partial charge is 0.259 e. The van der Waals surface area contributed by atoms with Gasteiger partial charge in [0, 0.05) is 33.9 Å². The van der Waals surface area contributed by atoms with E-state index >= 15 is 0 Å². The highest BCUT2D eigenvalue weighted by Gasteiger charge is 2.54. The molecule has 3 aliphatic rings. The number of benzene rings is 4. The average Bonchev–Trinajstić information content (AvgIpc) is 3.71. The number of rotatable bonds is 15. The minimum absolute atomic E-state index is 0.204. The van der Waals surface area contributed by atoms with E-state index in [0.717, 1.165) is 65.5 Å². The number of hydrogen-bond acceptors (Lipinski definition) is 8. The highest BCUT2D eigenvalue weighted by molar-refractivity contribution is 6.38. The summed E-state index contributed by atoms with van der Waals surface area (Å²) in [4.78, 5) is 57.5. The van der Waals surface area contributed by atoms with E-state index in [1.807, 2.05) is 95.3 Å². The molecule has 0 bridgehead atoms. The summed E-state index contributed by atoms with van der Waals surface area (Å²) in [6, 6.07) is 19.1. The summed E-state index contributed by atoms with van der Waals surface area (Å²) in [5.74, 6) is 0.717. The van der Waals surface area contributed by atoms with E-state index < -0.39 is 35.0 Å². The minimum atomic E-state index is -0.999. The Morgan fingerprint density at radius 1 is 0.656 bits per heavy atom. The van der Waals surface area contributed by atoms with Gasteiger partial charge < -0.3 is 20.9 Å².